The Hall–Kier alpha value is -0.580. The number of rotatable bonds is 7. The normalized spacial score (nSPS) is 36.1. The lowest BCUT2D eigenvalue weighted by Gasteiger charge is -2.59. The fraction of sp³-hybridized carbons (Fsp3) is 0.720. The van der Waals surface area contributed by atoms with E-state index >= 15 is 0 Å². The summed E-state index contributed by atoms with van der Waals surface area (Å²) in [6.45, 7) is 4.96. The Labute approximate surface area is 200 Å². The molecule has 6 atom stereocenters. The molecule has 4 rings (SSSR count). The van der Waals surface area contributed by atoms with Crippen LogP contribution < -0.4 is 5.32 Å². The van der Waals surface area contributed by atoms with Crippen LogP contribution in [0, 0.1) is 28.6 Å². The summed E-state index contributed by atoms with van der Waals surface area (Å²) in [4.78, 5) is 2.44. The summed E-state index contributed by atoms with van der Waals surface area (Å²) in [6.07, 6.45) is 7.27. The van der Waals surface area contributed by atoms with Crippen LogP contribution in [0.15, 0.2) is 28.7 Å². The molecule has 3 aliphatic heterocycles. The van der Waals surface area contributed by atoms with Gasteiger partial charge in [0.15, 0.2) is 0 Å². The van der Waals surface area contributed by atoms with Crippen LogP contribution in [-0.4, -0.2) is 48.3 Å². The molecule has 0 spiro atoms. The van der Waals surface area contributed by atoms with Gasteiger partial charge in [-0.05, 0) is 68.0 Å². The number of halogens is 1. The van der Waals surface area contributed by atoms with E-state index in [1.165, 1.54) is 44.3 Å². The molecule has 3 fully saturated rings. The van der Waals surface area contributed by atoms with Gasteiger partial charge in [-0.2, -0.15) is 17.0 Å². The Balaban J connectivity index is 1.63. The van der Waals surface area contributed by atoms with Crippen molar-refractivity contribution in [2.75, 3.05) is 25.9 Å². The van der Waals surface area contributed by atoms with Crippen LogP contribution in [-0.2, 0) is 11.3 Å². The van der Waals surface area contributed by atoms with E-state index in [2.05, 4.69) is 70.1 Å². The van der Waals surface area contributed by atoms with Crippen molar-refractivity contribution in [3.63, 3.8) is 0 Å². The number of thioether (sulfide) groups is 1. The third-order valence-electron chi connectivity index (χ3n) is 7.79. The second-order valence-corrected chi connectivity index (χ2v) is 11.8. The second kappa shape index (κ2) is 10.6. The summed E-state index contributed by atoms with van der Waals surface area (Å²) >= 11 is 5.79. The molecule has 0 aromatic heterocycles. The van der Waals surface area contributed by atoms with Crippen LogP contribution in [0.5, 0.6) is 0 Å². The molecule has 0 amide bonds. The Morgan fingerprint density at radius 1 is 1.39 bits per heavy atom. The fourth-order valence-electron chi connectivity index (χ4n) is 6.13. The molecule has 0 aliphatic carbocycles. The number of benzene rings is 1. The van der Waals surface area contributed by atoms with E-state index < -0.39 is 0 Å². The number of ether oxygens (including phenoxy) is 1. The van der Waals surface area contributed by atoms with Crippen molar-refractivity contribution in [2.45, 2.75) is 69.6 Å². The molecule has 1 aromatic rings. The third kappa shape index (κ3) is 4.87. The van der Waals surface area contributed by atoms with E-state index in [4.69, 9.17) is 4.74 Å². The average molecular weight is 507 g/mol. The van der Waals surface area contributed by atoms with Crippen LogP contribution in [0.2, 0.25) is 0 Å². The molecule has 0 bridgehead atoms. The maximum absolute atomic E-state index is 10.3. The maximum atomic E-state index is 10.3. The lowest BCUT2D eigenvalue weighted by molar-refractivity contribution is -0.134. The standard InChI is InChI=1S/C25H36BrN3OS/c1-3-4-11-25-12-13-29(2)16-20(25)19(15-27)24(28-23(25)22-10-7-14-31-22)30-17-18-8-5-6-9-21(18)26/h5-6,8-9,19-20,22-24,28H,3-4,7,10-14,16-17H2,1-2H3. The van der Waals surface area contributed by atoms with Gasteiger partial charge in [-0.1, -0.05) is 53.9 Å². The van der Waals surface area contributed by atoms with E-state index in [9.17, 15) is 5.26 Å². The van der Waals surface area contributed by atoms with Crippen molar-refractivity contribution < 1.29 is 4.74 Å². The molecule has 6 unspecified atom stereocenters. The van der Waals surface area contributed by atoms with Crippen molar-refractivity contribution >= 4 is 27.7 Å². The lowest BCUT2D eigenvalue weighted by Crippen LogP contribution is -2.69. The van der Waals surface area contributed by atoms with Gasteiger partial charge in [0, 0.05) is 22.3 Å². The van der Waals surface area contributed by atoms with Crippen molar-refractivity contribution in [1.82, 2.24) is 10.2 Å². The molecule has 0 radical (unpaired) electrons. The Morgan fingerprint density at radius 2 is 2.23 bits per heavy atom. The van der Waals surface area contributed by atoms with Gasteiger partial charge in [-0.3, -0.25) is 5.32 Å². The molecule has 3 heterocycles. The number of piperidine rings is 2. The van der Waals surface area contributed by atoms with Crippen molar-refractivity contribution in [3.05, 3.63) is 34.3 Å². The summed E-state index contributed by atoms with van der Waals surface area (Å²) in [5, 5.41) is 14.9. The number of hydrogen-bond donors (Lipinski definition) is 1. The molecular formula is C25H36BrN3OS. The van der Waals surface area contributed by atoms with Gasteiger partial charge in [0.05, 0.1) is 18.6 Å². The number of hydrogen-bond acceptors (Lipinski definition) is 5. The predicted octanol–water partition coefficient (Wildman–Crippen LogP) is 5.43. The Kier molecular flexibility index (Phi) is 8.04. The highest BCUT2D eigenvalue weighted by molar-refractivity contribution is 9.10. The van der Waals surface area contributed by atoms with Gasteiger partial charge < -0.3 is 9.64 Å². The number of likely N-dealkylation sites (tertiary alicyclic amines) is 1. The average Bonchev–Trinajstić information content (AvgIpc) is 3.31. The van der Waals surface area contributed by atoms with E-state index in [0.717, 1.165) is 23.1 Å². The smallest absolute Gasteiger partial charge is 0.125 e. The first-order chi connectivity index (χ1) is 15.1. The van der Waals surface area contributed by atoms with Crippen LogP contribution >= 0.6 is 27.7 Å². The van der Waals surface area contributed by atoms with Crippen LogP contribution in [0.1, 0.15) is 51.0 Å². The van der Waals surface area contributed by atoms with Gasteiger partial charge in [0.25, 0.3) is 0 Å². The zero-order valence-electron chi connectivity index (χ0n) is 18.9. The highest BCUT2D eigenvalue weighted by Gasteiger charge is 2.58. The van der Waals surface area contributed by atoms with Crippen molar-refractivity contribution in [2.24, 2.45) is 17.3 Å². The predicted molar refractivity (Wildman–Crippen MR) is 132 cm³/mol. The van der Waals surface area contributed by atoms with Crippen LogP contribution in [0.4, 0.5) is 0 Å². The zero-order chi connectivity index (χ0) is 21.8. The van der Waals surface area contributed by atoms with E-state index in [1.54, 1.807) is 0 Å². The summed E-state index contributed by atoms with van der Waals surface area (Å²) in [5.74, 6) is 1.51. The minimum Gasteiger partial charge on any atom is -0.357 e. The summed E-state index contributed by atoms with van der Waals surface area (Å²) in [5.41, 5.74) is 1.34. The molecule has 3 saturated heterocycles. The first kappa shape index (κ1) is 23.6. The summed E-state index contributed by atoms with van der Waals surface area (Å²) in [6, 6.07) is 11.4. The monoisotopic (exact) mass is 505 g/mol. The molecule has 6 heteroatoms. The summed E-state index contributed by atoms with van der Waals surface area (Å²) < 4.78 is 7.55. The number of fused-ring (bicyclic) bond motifs is 1. The molecule has 3 aliphatic rings. The summed E-state index contributed by atoms with van der Waals surface area (Å²) in [7, 11) is 2.22. The first-order valence-corrected chi connectivity index (χ1v) is 13.7. The highest BCUT2D eigenvalue weighted by Crippen LogP contribution is 2.54. The zero-order valence-corrected chi connectivity index (χ0v) is 21.3. The van der Waals surface area contributed by atoms with E-state index in [0.29, 0.717) is 23.8 Å². The van der Waals surface area contributed by atoms with Crippen molar-refractivity contribution in [3.8, 4) is 6.07 Å². The van der Waals surface area contributed by atoms with Crippen molar-refractivity contribution in [1.29, 1.82) is 5.26 Å². The number of unbranched alkanes of at least 4 members (excludes halogenated alkanes) is 1. The van der Waals surface area contributed by atoms with Crippen LogP contribution in [0.25, 0.3) is 0 Å². The highest BCUT2D eigenvalue weighted by atomic mass is 79.9. The number of nitrogens with one attached hydrogen (secondary N) is 1. The molecule has 0 saturated carbocycles. The SMILES string of the molecule is CCCCC12CCN(C)CC1C(C#N)C(OCc1ccccc1Br)NC2C1CCCS1. The largest absolute Gasteiger partial charge is 0.357 e. The Morgan fingerprint density at radius 3 is 2.94 bits per heavy atom. The van der Waals surface area contributed by atoms with Gasteiger partial charge >= 0.3 is 0 Å². The van der Waals surface area contributed by atoms with Crippen LogP contribution in [0.3, 0.4) is 0 Å². The minimum absolute atomic E-state index is 0.121. The second-order valence-electron chi connectivity index (χ2n) is 9.63. The molecule has 4 nitrogen and oxygen atoms in total. The van der Waals surface area contributed by atoms with E-state index in [1.807, 2.05) is 12.1 Å². The first-order valence-electron chi connectivity index (χ1n) is 11.9. The quantitative estimate of drug-likeness (QED) is 0.535. The Bertz CT molecular complexity index is 776. The maximum Gasteiger partial charge on any atom is 0.125 e. The lowest BCUT2D eigenvalue weighted by atomic mass is 9.56. The molecular weight excluding hydrogens is 470 g/mol. The van der Waals surface area contributed by atoms with Gasteiger partial charge in [0.2, 0.25) is 0 Å². The van der Waals surface area contributed by atoms with Gasteiger partial charge in [-0.15, -0.1) is 0 Å². The molecule has 1 aromatic carbocycles. The number of nitrogens with zero attached hydrogens (tertiary/aromatic N) is 2. The topological polar surface area (TPSA) is 48.3 Å². The van der Waals surface area contributed by atoms with E-state index in [-0.39, 0.29) is 17.6 Å². The van der Waals surface area contributed by atoms with Gasteiger partial charge in [0.1, 0.15) is 6.23 Å². The third-order valence-corrected chi connectivity index (χ3v) is 10.0. The molecule has 31 heavy (non-hydrogen) atoms. The molecule has 1 N–H and O–H groups in total. The van der Waals surface area contributed by atoms with Gasteiger partial charge in [-0.25, -0.2) is 0 Å². The fourth-order valence-corrected chi connectivity index (χ4v) is 8.04. The number of nitriles is 1. The minimum atomic E-state index is -0.213. The molecule has 170 valence electrons.